The van der Waals surface area contributed by atoms with Gasteiger partial charge >= 0.3 is 0 Å². The molecule has 0 unspecified atom stereocenters. The van der Waals surface area contributed by atoms with Crippen molar-refractivity contribution in [3.63, 3.8) is 0 Å². The molecule has 3 aromatic carbocycles. The molecule has 179 valence electrons. The molecule has 9 heteroatoms. The van der Waals surface area contributed by atoms with E-state index in [1.165, 1.54) is 0 Å². The topological polar surface area (TPSA) is 87.5 Å². The van der Waals surface area contributed by atoms with Crippen molar-refractivity contribution in [3.8, 4) is 16.8 Å². The Hall–Kier alpha value is -4.50. The molecule has 0 atom stereocenters. The fourth-order valence-electron chi connectivity index (χ4n) is 4.99. The van der Waals surface area contributed by atoms with Crippen LogP contribution < -0.4 is 21.4 Å². The first-order valence-electron chi connectivity index (χ1n) is 12.5. The second kappa shape index (κ2) is 9.18. The number of benzene rings is 3. The Morgan fingerprint density at radius 3 is 2.59 bits per heavy atom. The quantitative estimate of drug-likeness (QED) is 0.367. The Balaban J connectivity index is 1.30. The maximum Gasteiger partial charge on any atom is 0.243 e. The third-order valence-electron chi connectivity index (χ3n) is 6.86. The van der Waals surface area contributed by atoms with Gasteiger partial charge in [0.15, 0.2) is 0 Å². The Morgan fingerprint density at radius 1 is 0.865 bits per heavy atom. The van der Waals surface area contributed by atoms with Crippen molar-refractivity contribution in [2.45, 2.75) is 0 Å². The number of aromatic nitrogens is 6. The molecule has 6 aromatic rings. The highest BCUT2D eigenvalue weighted by molar-refractivity contribution is 6.65. The average Bonchev–Trinajstić information content (AvgIpc) is 3.66. The van der Waals surface area contributed by atoms with Crippen LogP contribution in [0.1, 0.15) is 0 Å². The molecule has 2 N–H and O–H groups in total. The molecule has 0 bridgehead atoms. The number of nitrogens with one attached hydrogen (secondary N) is 2. The molecule has 7 rings (SSSR count). The predicted molar refractivity (Wildman–Crippen MR) is 148 cm³/mol. The first kappa shape index (κ1) is 21.8. The van der Waals surface area contributed by atoms with Crippen LogP contribution in [0.25, 0.3) is 38.6 Å². The molecular weight excluding hydrogens is 459 g/mol. The summed E-state index contributed by atoms with van der Waals surface area (Å²) in [6.45, 7) is 3.72. The van der Waals surface area contributed by atoms with Crippen LogP contribution in [0, 0.1) is 0 Å². The number of H-pyrrole nitrogens is 1. The minimum absolute atomic E-state index is 0.701. The van der Waals surface area contributed by atoms with Crippen LogP contribution in [0.2, 0.25) is 0 Å². The highest BCUT2D eigenvalue weighted by atomic mass is 15.3. The van der Waals surface area contributed by atoms with Crippen molar-refractivity contribution in [1.82, 2.24) is 35.3 Å². The zero-order valence-corrected chi connectivity index (χ0v) is 20.2. The van der Waals surface area contributed by atoms with Crippen LogP contribution in [-0.2, 0) is 0 Å². The fraction of sp³-hybridized carbons (Fsp3) is 0.143. The van der Waals surface area contributed by atoms with Crippen molar-refractivity contribution < 1.29 is 0 Å². The SMILES string of the molecule is [B](c1ccc(-n2cccn2)cc1)c1nc(N2CCNCC2)c2ccc(-c3cccc4[nH]ncc34)cc2n1. The lowest BCUT2D eigenvalue weighted by molar-refractivity contribution is 0.586. The number of piperazine rings is 1. The molecule has 0 aliphatic carbocycles. The highest BCUT2D eigenvalue weighted by Crippen LogP contribution is 2.31. The molecule has 1 fully saturated rings. The summed E-state index contributed by atoms with van der Waals surface area (Å²) in [6, 6.07) is 22.9. The summed E-state index contributed by atoms with van der Waals surface area (Å²) in [5.74, 6) is 0.985. The number of hydrogen-bond acceptors (Lipinski definition) is 6. The first-order chi connectivity index (χ1) is 18.3. The second-order valence-electron chi connectivity index (χ2n) is 9.20. The maximum atomic E-state index is 5.04. The molecular formula is C28H24BN8. The Labute approximate surface area is 214 Å². The summed E-state index contributed by atoms with van der Waals surface area (Å²) in [6.07, 6.45) is 5.60. The molecule has 3 aromatic heterocycles. The molecule has 1 aliphatic heterocycles. The van der Waals surface area contributed by atoms with Gasteiger partial charge in [0.05, 0.1) is 28.6 Å². The van der Waals surface area contributed by atoms with E-state index < -0.39 is 0 Å². The van der Waals surface area contributed by atoms with E-state index in [0.717, 1.165) is 76.1 Å². The van der Waals surface area contributed by atoms with Crippen LogP contribution in [0.15, 0.2) is 85.3 Å². The molecule has 8 nitrogen and oxygen atoms in total. The van der Waals surface area contributed by atoms with E-state index in [1.54, 1.807) is 6.20 Å². The zero-order valence-electron chi connectivity index (χ0n) is 20.2. The molecule has 1 radical (unpaired) electrons. The lowest BCUT2D eigenvalue weighted by Crippen LogP contribution is -2.45. The molecule has 0 saturated carbocycles. The third-order valence-corrected chi connectivity index (χ3v) is 6.86. The van der Waals surface area contributed by atoms with Gasteiger partial charge in [-0.2, -0.15) is 10.2 Å². The smallest absolute Gasteiger partial charge is 0.243 e. The number of aromatic amines is 1. The second-order valence-corrected chi connectivity index (χ2v) is 9.20. The van der Waals surface area contributed by atoms with Crippen molar-refractivity contribution in [1.29, 1.82) is 0 Å². The Bertz CT molecular complexity index is 1690. The normalized spacial score (nSPS) is 13.9. The Morgan fingerprint density at radius 2 is 1.76 bits per heavy atom. The third kappa shape index (κ3) is 4.13. The molecule has 1 saturated heterocycles. The lowest BCUT2D eigenvalue weighted by Gasteiger charge is -2.29. The predicted octanol–water partition coefficient (Wildman–Crippen LogP) is 2.42. The van der Waals surface area contributed by atoms with E-state index in [0.29, 0.717) is 5.72 Å². The first-order valence-corrected chi connectivity index (χ1v) is 12.5. The van der Waals surface area contributed by atoms with Crippen molar-refractivity contribution >= 4 is 46.1 Å². The van der Waals surface area contributed by atoms with E-state index in [9.17, 15) is 0 Å². The summed E-state index contributed by atoms with van der Waals surface area (Å²) >= 11 is 0. The largest absolute Gasteiger partial charge is 0.353 e. The van der Waals surface area contributed by atoms with Gasteiger partial charge in [0, 0.05) is 49.3 Å². The zero-order chi connectivity index (χ0) is 24.6. The van der Waals surface area contributed by atoms with Gasteiger partial charge in [-0.1, -0.05) is 35.8 Å². The summed E-state index contributed by atoms with van der Waals surface area (Å²) in [4.78, 5) is 12.4. The van der Waals surface area contributed by atoms with Gasteiger partial charge in [-0.15, -0.1) is 0 Å². The summed E-state index contributed by atoms with van der Waals surface area (Å²) in [5.41, 5.74) is 6.96. The van der Waals surface area contributed by atoms with Crippen LogP contribution >= 0.6 is 0 Å². The van der Waals surface area contributed by atoms with Gasteiger partial charge < -0.3 is 10.2 Å². The number of hydrogen-bond donors (Lipinski definition) is 2. The molecule has 4 heterocycles. The van der Waals surface area contributed by atoms with E-state index >= 15 is 0 Å². The van der Waals surface area contributed by atoms with Gasteiger partial charge in [-0.3, -0.25) is 5.10 Å². The van der Waals surface area contributed by atoms with Crippen LogP contribution in [0.4, 0.5) is 5.82 Å². The molecule has 0 amide bonds. The van der Waals surface area contributed by atoms with Crippen LogP contribution in [-0.4, -0.2) is 63.4 Å². The maximum absolute atomic E-state index is 5.04. The molecule has 37 heavy (non-hydrogen) atoms. The number of fused-ring (bicyclic) bond motifs is 2. The lowest BCUT2D eigenvalue weighted by atomic mass is 9.69. The standard InChI is InChI=1S/C28H24BN8/c1-3-22(24-18-31-35-25(24)4-1)19-5-10-23-26(17-19)33-28(34-27(23)36-15-12-30-13-16-36)29-20-6-8-21(9-7-20)37-14-2-11-32-37/h1-11,14,17-18,30H,12-13,15-16H2,(H,31,35). The molecule has 0 spiro atoms. The minimum Gasteiger partial charge on any atom is -0.353 e. The van der Waals surface area contributed by atoms with Crippen LogP contribution in [0.3, 0.4) is 0 Å². The fourth-order valence-corrected chi connectivity index (χ4v) is 4.99. The van der Waals surface area contributed by atoms with Gasteiger partial charge in [0.2, 0.25) is 7.28 Å². The Kier molecular flexibility index (Phi) is 5.40. The van der Waals surface area contributed by atoms with Gasteiger partial charge in [0.25, 0.3) is 0 Å². The van der Waals surface area contributed by atoms with Crippen molar-refractivity contribution in [2.24, 2.45) is 0 Å². The van der Waals surface area contributed by atoms with Gasteiger partial charge in [-0.25, -0.2) is 14.6 Å². The summed E-state index contributed by atoms with van der Waals surface area (Å²) in [7, 11) is 2.04. The molecule has 1 aliphatic rings. The van der Waals surface area contributed by atoms with Gasteiger partial charge in [-0.05, 0) is 47.5 Å². The summed E-state index contributed by atoms with van der Waals surface area (Å²) in [5, 5.41) is 17.2. The van der Waals surface area contributed by atoms with Crippen LogP contribution in [0.5, 0.6) is 0 Å². The highest BCUT2D eigenvalue weighted by Gasteiger charge is 2.18. The van der Waals surface area contributed by atoms with Crippen molar-refractivity contribution in [2.75, 3.05) is 31.1 Å². The van der Waals surface area contributed by atoms with Crippen molar-refractivity contribution in [3.05, 3.63) is 85.3 Å². The average molecular weight is 483 g/mol. The number of anilines is 1. The number of rotatable bonds is 5. The minimum atomic E-state index is 0.701. The van der Waals surface area contributed by atoms with E-state index in [1.807, 2.05) is 36.5 Å². The summed E-state index contributed by atoms with van der Waals surface area (Å²) < 4.78 is 1.85. The van der Waals surface area contributed by atoms with E-state index in [2.05, 4.69) is 80.1 Å². The number of nitrogens with zero attached hydrogens (tertiary/aromatic N) is 6. The van der Waals surface area contributed by atoms with Gasteiger partial charge in [0.1, 0.15) is 5.82 Å². The monoisotopic (exact) mass is 483 g/mol. The van der Waals surface area contributed by atoms with E-state index in [4.69, 9.17) is 9.97 Å². The van der Waals surface area contributed by atoms with E-state index in [-0.39, 0.29) is 0 Å².